The Bertz CT molecular complexity index is 718. The van der Waals surface area contributed by atoms with E-state index < -0.39 is 0 Å². The second kappa shape index (κ2) is 8.81. The third kappa shape index (κ3) is 5.54. The second-order valence-electron chi connectivity index (χ2n) is 6.21. The summed E-state index contributed by atoms with van der Waals surface area (Å²) in [6.07, 6.45) is 0. The lowest BCUT2D eigenvalue weighted by atomic mass is 10.2. The SMILES string of the molecule is O=C(CN1CCN(Cc2ccccc2)CC1)Nc1ccc(Br)cc1Cl. The number of halogens is 2. The highest BCUT2D eigenvalue weighted by Crippen LogP contribution is 2.25. The quantitative estimate of drug-likeness (QED) is 0.795. The van der Waals surface area contributed by atoms with Gasteiger partial charge in [0.15, 0.2) is 0 Å². The van der Waals surface area contributed by atoms with E-state index in [0.717, 1.165) is 37.2 Å². The molecule has 1 fully saturated rings. The van der Waals surface area contributed by atoms with Crippen molar-refractivity contribution >= 4 is 39.1 Å². The first-order valence-corrected chi connectivity index (χ1v) is 9.51. The van der Waals surface area contributed by atoms with Crippen LogP contribution in [0.4, 0.5) is 5.69 Å². The van der Waals surface area contributed by atoms with Crippen molar-refractivity contribution in [3.63, 3.8) is 0 Å². The number of hydrogen-bond donors (Lipinski definition) is 1. The monoisotopic (exact) mass is 421 g/mol. The van der Waals surface area contributed by atoms with Crippen molar-refractivity contribution in [2.45, 2.75) is 6.54 Å². The number of amides is 1. The molecule has 0 aliphatic carbocycles. The van der Waals surface area contributed by atoms with E-state index in [-0.39, 0.29) is 5.91 Å². The summed E-state index contributed by atoms with van der Waals surface area (Å²) in [7, 11) is 0. The summed E-state index contributed by atoms with van der Waals surface area (Å²) in [5.74, 6) is -0.0271. The van der Waals surface area contributed by atoms with E-state index in [1.807, 2.05) is 18.2 Å². The Morgan fingerprint density at radius 2 is 1.72 bits per heavy atom. The summed E-state index contributed by atoms with van der Waals surface area (Å²) < 4.78 is 0.894. The molecule has 1 aliphatic heterocycles. The number of carbonyl (C=O) groups is 1. The molecule has 6 heteroatoms. The van der Waals surface area contributed by atoms with Crippen LogP contribution in [0.15, 0.2) is 53.0 Å². The number of anilines is 1. The van der Waals surface area contributed by atoms with Crippen LogP contribution in [0.1, 0.15) is 5.56 Å². The number of piperazine rings is 1. The summed E-state index contributed by atoms with van der Waals surface area (Å²) in [4.78, 5) is 16.9. The lowest BCUT2D eigenvalue weighted by Gasteiger charge is -2.34. The zero-order valence-corrected chi connectivity index (χ0v) is 16.3. The third-order valence-electron chi connectivity index (χ3n) is 4.29. The van der Waals surface area contributed by atoms with Crippen molar-refractivity contribution in [2.75, 3.05) is 38.0 Å². The average Bonchev–Trinajstić information content (AvgIpc) is 2.60. The molecule has 1 N–H and O–H groups in total. The summed E-state index contributed by atoms with van der Waals surface area (Å²) in [5.41, 5.74) is 1.98. The molecule has 132 valence electrons. The molecule has 0 saturated carbocycles. The van der Waals surface area contributed by atoms with Gasteiger partial charge in [-0.1, -0.05) is 57.9 Å². The summed E-state index contributed by atoms with van der Waals surface area (Å²) in [6, 6.07) is 15.9. The minimum Gasteiger partial charge on any atom is -0.324 e. The zero-order chi connectivity index (χ0) is 17.6. The topological polar surface area (TPSA) is 35.6 Å². The first-order chi connectivity index (χ1) is 12.1. The molecule has 1 heterocycles. The van der Waals surface area contributed by atoms with Crippen LogP contribution in [0.25, 0.3) is 0 Å². The van der Waals surface area contributed by atoms with Gasteiger partial charge in [-0.15, -0.1) is 0 Å². The number of nitrogens with one attached hydrogen (secondary N) is 1. The first kappa shape index (κ1) is 18.4. The van der Waals surface area contributed by atoms with Crippen molar-refractivity contribution in [1.82, 2.24) is 9.80 Å². The number of rotatable bonds is 5. The fraction of sp³-hybridized carbons (Fsp3) is 0.316. The molecule has 0 bridgehead atoms. The van der Waals surface area contributed by atoms with Crippen LogP contribution in [0.5, 0.6) is 0 Å². The van der Waals surface area contributed by atoms with Gasteiger partial charge in [0.1, 0.15) is 0 Å². The van der Waals surface area contributed by atoms with Gasteiger partial charge in [-0.25, -0.2) is 0 Å². The molecule has 1 aliphatic rings. The van der Waals surface area contributed by atoms with E-state index in [0.29, 0.717) is 17.3 Å². The zero-order valence-electron chi connectivity index (χ0n) is 13.9. The lowest BCUT2D eigenvalue weighted by Crippen LogP contribution is -2.48. The molecule has 0 aromatic heterocycles. The van der Waals surface area contributed by atoms with Gasteiger partial charge in [0.2, 0.25) is 5.91 Å². The van der Waals surface area contributed by atoms with Gasteiger partial charge in [-0.05, 0) is 23.8 Å². The summed E-state index contributed by atoms with van der Waals surface area (Å²) in [6.45, 7) is 5.10. The van der Waals surface area contributed by atoms with Crippen LogP contribution in [-0.2, 0) is 11.3 Å². The van der Waals surface area contributed by atoms with Crippen molar-refractivity contribution in [3.05, 3.63) is 63.6 Å². The van der Waals surface area contributed by atoms with Gasteiger partial charge in [0.25, 0.3) is 0 Å². The lowest BCUT2D eigenvalue weighted by molar-refractivity contribution is -0.117. The third-order valence-corrected chi connectivity index (χ3v) is 5.09. The van der Waals surface area contributed by atoms with E-state index >= 15 is 0 Å². The van der Waals surface area contributed by atoms with Gasteiger partial charge in [-0.2, -0.15) is 0 Å². The van der Waals surface area contributed by atoms with Crippen LogP contribution in [0.2, 0.25) is 5.02 Å². The highest BCUT2D eigenvalue weighted by Gasteiger charge is 2.19. The Labute approximate surface area is 161 Å². The molecule has 1 amide bonds. The van der Waals surface area contributed by atoms with Crippen LogP contribution in [0.3, 0.4) is 0 Å². The van der Waals surface area contributed by atoms with Crippen LogP contribution < -0.4 is 5.32 Å². The highest BCUT2D eigenvalue weighted by molar-refractivity contribution is 9.10. The van der Waals surface area contributed by atoms with Gasteiger partial charge in [0.05, 0.1) is 17.3 Å². The molecule has 2 aromatic rings. The Morgan fingerprint density at radius 1 is 1.04 bits per heavy atom. The number of carbonyl (C=O) groups excluding carboxylic acids is 1. The van der Waals surface area contributed by atoms with Gasteiger partial charge in [0, 0.05) is 37.2 Å². The molecule has 0 atom stereocenters. The number of hydrogen-bond acceptors (Lipinski definition) is 3. The standard InChI is InChI=1S/C19H21BrClN3O/c20-16-6-7-18(17(21)12-16)22-19(25)14-24-10-8-23(9-11-24)13-15-4-2-1-3-5-15/h1-7,12H,8-11,13-14H2,(H,22,25). The average molecular weight is 423 g/mol. The van der Waals surface area contributed by atoms with E-state index in [1.54, 1.807) is 6.07 Å². The minimum atomic E-state index is -0.0271. The molecule has 4 nitrogen and oxygen atoms in total. The van der Waals surface area contributed by atoms with Gasteiger partial charge < -0.3 is 5.32 Å². The molecular formula is C19H21BrClN3O. The van der Waals surface area contributed by atoms with Crippen molar-refractivity contribution in [1.29, 1.82) is 0 Å². The largest absolute Gasteiger partial charge is 0.324 e. The molecule has 2 aromatic carbocycles. The molecule has 3 rings (SSSR count). The van der Waals surface area contributed by atoms with Crippen LogP contribution in [0, 0.1) is 0 Å². The Hall–Kier alpha value is -1.40. The van der Waals surface area contributed by atoms with E-state index in [1.165, 1.54) is 5.56 Å². The van der Waals surface area contributed by atoms with Crippen molar-refractivity contribution in [3.8, 4) is 0 Å². The van der Waals surface area contributed by atoms with Gasteiger partial charge >= 0.3 is 0 Å². The van der Waals surface area contributed by atoms with Crippen molar-refractivity contribution in [2.24, 2.45) is 0 Å². The summed E-state index contributed by atoms with van der Waals surface area (Å²) in [5, 5.41) is 3.43. The summed E-state index contributed by atoms with van der Waals surface area (Å²) >= 11 is 9.51. The normalized spacial score (nSPS) is 15.9. The van der Waals surface area contributed by atoms with E-state index in [9.17, 15) is 4.79 Å². The Kier molecular flexibility index (Phi) is 6.48. The molecule has 0 spiro atoms. The molecule has 25 heavy (non-hydrogen) atoms. The maximum absolute atomic E-state index is 12.3. The fourth-order valence-corrected chi connectivity index (χ4v) is 3.65. The van der Waals surface area contributed by atoms with Crippen LogP contribution >= 0.6 is 27.5 Å². The predicted octanol–water partition coefficient (Wildman–Crippen LogP) is 3.86. The second-order valence-corrected chi connectivity index (χ2v) is 7.53. The maximum atomic E-state index is 12.3. The van der Waals surface area contributed by atoms with Crippen molar-refractivity contribution < 1.29 is 4.79 Å². The van der Waals surface area contributed by atoms with Crippen LogP contribution in [-0.4, -0.2) is 48.4 Å². The maximum Gasteiger partial charge on any atom is 0.238 e. The minimum absolute atomic E-state index is 0.0271. The fourth-order valence-electron chi connectivity index (χ4n) is 2.93. The first-order valence-electron chi connectivity index (χ1n) is 8.34. The Balaban J connectivity index is 1.44. The number of nitrogens with zero attached hydrogens (tertiary/aromatic N) is 2. The predicted molar refractivity (Wildman–Crippen MR) is 106 cm³/mol. The molecule has 0 unspecified atom stereocenters. The Morgan fingerprint density at radius 3 is 2.40 bits per heavy atom. The molecule has 1 saturated heterocycles. The van der Waals surface area contributed by atoms with E-state index in [2.05, 4.69) is 55.3 Å². The number of benzene rings is 2. The van der Waals surface area contributed by atoms with Gasteiger partial charge in [-0.3, -0.25) is 14.6 Å². The molecular weight excluding hydrogens is 402 g/mol. The smallest absolute Gasteiger partial charge is 0.238 e. The van der Waals surface area contributed by atoms with E-state index in [4.69, 9.17) is 11.6 Å². The molecule has 0 radical (unpaired) electrons. The highest BCUT2D eigenvalue weighted by atomic mass is 79.9.